The van der Waals surface area contributed by atoms with Gasteiger partial charge < -0.3 is 9.64 Å². The van der Waals surface area contributed by atoms with Crippen LogP contribution in [-0.4, -0.2) is 43.9 Å². The van der Waals surface area contributed by atoms with Gasteiger partial charge in [0.25, 0.3) is 5.91 Å². The third-order valence-electron chi connectivity index (χ3n) is 3.64. The molecule has 0 aromatic heterocycles. The first-order chi connectivity index (χ1) is 9.26. The van der Waals surface area contributed by atoms with Crippen LogP contribution in [0.15, 0.2) is 29.2 Å². The van der Waals surface area contributed by atoms with Crippen LogP contribution in [0.3, 0.4) is 0 Å². The predicted molar refractivity (Wildman–Crippen MR) is 78.7 cm³/mol. The Kier molecular flexibility index (Phi) is 5.28. The van der Waals surface area contributed by atoms with E-state index in [-0.39, 0.29) is 5.91 Å². The van der Waals surface area contributed by atoms with Crippen LogP contribution in [0.1, 0.15) is 23.2 Å². The van der Waals surface area contributed by atoms with Gasteiger partial charge in [0.2, 0.25) is 0 Å². The number of benzene rings is 1. The SMILES string of the molecule is COCC1CCN(C(=O)c2ccccc2SC)CC1. The lowest BCUT2D eigenvalue weighted by molar-refractivity contribution is 0.0610. The standard InChI is InChI=1S/C15H21NO2S/c1-18-11-12-7-9-16(10-8-12)15(17)13-5-3-4-6-14(13)19-2/h3-6,12H,7-11H2,1-2H3. The Bertz CT molecular complexity index is 428. The van der Waals surface area contributed by atoms with Crippen molar-refractivity contribution in [2.45, 2.75) is 17.7 Å². The first-order valence-electron chi connectivity index (χ1n) is 6.67. The highest BCUT2D eigenvalue weighted by Crippen LogP contribution is 2.24. The molecule has 0 saturated carbocycles. The molecule has 3 nitrogen and oxygen atoms in total. The van der Waals surface area contributed by atoms with Crippen molar-refractivity contribution in [2.75, 3.05) is 33.1 Å². The number of hydrogen-bond donors (Lipinski definition) is 0. The first kappa shape index (κ1) is 14.4. The maximum absolute atomic E-state index is 12.5. The van der Waals surface area contributed by atoms with Crippen LogP contribution in [0.25, 0.3) is 0 Å². The largest absolute Gasteiger partial charge is 0.384 e. The number of ether oxygens (including phenoxy) is 1. The Balaban J connectivity index is 2.01. The van der Waals surface area contributed by atoms with E-state index < -0.39 is 0 Å². The van der Waals surface area contributed by atoms with Crippen molar-refractivity contribution in [1.82, 2.24) is 4.90 Å². The van der Waals surface area contributed by atoms with E-state index in [2.05, 4.69) is 0 Å². The number of rotatable bonds is 4. The zero-order chi connectivity index (χ0) is 13.7. The Labute approximate surface area is 119 Å². The van der Waals surface area contributed by atoms with Gasteiger partial charge in [-0.15, -0.1) is 11.8 Å². The van der Waals surface area contributed by atoms with Crippen LogP contribution < -0.4 is 0 Å². The summed E-state index contributed by atoms with van der Waals surface area (Å²) in [5, 5.41) is 0. The zero-order valence-corrected chi connectivity index (χ0v) is 12.4. The number of carbonyl (C=O) groups excluding carboxylic acids is 1. The molecule has 4 heteroatoms. The molecule has 1 saturated heterocycles. The predicted octanol–water partition coefficient (Wildman–Crippen LogP) is 2.91. The molecule has 1 amide bonds. The number of thioether (sulfide) groups is 1. The fraction of sp³-hybridized carbons (Fsp3) is 0.533. The minimum atomic E-state index is 0.167. The summed E-state index contributed by atoms with van der Waals surface area (Å²) in [5.74, 6) is 0.769. The van der Waals surface area contributed by atoms with E-state index in [1.54, 1.807) is 18.9 Å². The topological polar surface area (TPSA) is 29.5 Å². The van der Waals surface area contributed by atoms with E-state index in [1.807, 2.05) is 35.4 Å². The summed E-state index contributed by atoms with van der Waals surface area (Å²) in [7, 11) is 1.74. The second kappa shape index (κ2) is 6.96. The van der Waals surface area contributed by atoms with Gasteiger partial charge in [-0.3, -0.25) is 4.79 Å². The van der Waals surface area contributed by atoms with E-state index >= 15 is 0 Å². The Morgan fingerprint density at radius 3 is 2.68 bits per heavy atom. The maximum atomic E-state index is 12.5. The van der Waals surface area contributed by atoms with Gasteiger partial charge in [-0.1, -0.05) is 12.1 Å². The molecule has 0 radical (unpaired) electrons. The third-order valence-corrected chi connectivity index (χ3v) is 4.44. The fourth-order valence-electron chi connectivity index (χ4n) is 2.53. The molecular weight excluding hydrogens is 258 g/mol. The molecule has 0 aliphatic carbocycles. The van der Waals surface area contributed by atoms with Crippen molar-refractivity contribution < 1.29 is 9.53 Å². The summed E-state index contributed by atoms with van der Waals surface area (Å²) in [6.07, 6.45) is 4.10. The average molecular weight is 279 g/mol. The number of hydrogen-bond acceptors (Lipinski definition) is 3. The van der Waals surface area contributed by atoms with Gasteiger partial charge in [-0.25, -0.2) is 0 Å². The lowest BCUT2D eigenvalue weighted by Crippen LogP contribution is -2.39. The Hall–Kier alpha value is -1.00. The van der Waals surface area contributed by atoms with Gasteiger partial charge in [-0.2, -0.15) is 0 Å². The van der Waals surface area contributed by atoms with Crippen LogP contribution in [-0.2, 0) is 4.74 Å². The van der Waals surface area contributed by atoms with Crippen molar-refractivity contribution in [3.63, 3.8) is 0 Å². The van der Waals surface area contributed by atoms with E-state index in [1.165, 1.54) is 0 Å². The molecule has 2 rings (SSSR count). The fourth-order valence-corrected chi connectivity index (χ4v) is 3.12. The second-order valence-electron chi connectivity index (χ2n) is 4.89. The Morgan fingerprint density at radius 1 is 1.37 bits per heavy atom. The number of methoxy groups -OCH3 is 1. The lowest BCUT2D eigenvalue weighted by Gasteiger charge is -2.32. The zero-order valence-electron chi connectivity index (χ0n) is 11.6. The third kappa shape index (κ3) is 3.51. The van der Waals surface area contributed by atoms with E-state index in [9.17, 15) is 4.79 Å². The van der Waals surface area contributed by atoms with E-state index in [0.717, 1.165) is 43.0 Å². The van der Waals surface area contributed by atoms with E-state index in [4.69, 9.17) is 4.74 Å². The average Bonchev–Trinajstić information content (AvgIpc) is 2.47. The highest BCUT2D eigenvalue weighted by atomic mass is 32.2. The number of amides is 1. The first-order valence-corrected chi connectivity index (χ1v) is 7.90. The van der Waals surface area contributed by atoms with Gasteiger partial charge in [0.1, 0.15) is 0 Å². The minimum Gasteiger partial charge on any atom is -0.384 e. The molecule has 1 heterocycles. The molecule has 1 aliphatic heterocycles. The quantitative estimate of drug-likeness (QED) is 0.794. The molecule has 19 heavy (non-hydrogen) atoms. The molecule has 0 bridgehead atoms. The number of carbonyl (C=O) groups is 1. The van der Waals surface area contributed by atoms with Gasteiger partial charge in [-0.05, 0) is 37.1 Å². The number of nitrogens with zero attached hydrogens (tertiary/aromatic N) is 1. The van der Waals surface area contributed by atoms with Crippen molar-refractivity contribution in [3.8, 4) is 0 Å². The van der Waals surface area contributed by atoms with Crippen molar-refractivity contribution in [1.29, 1.82) is 0 Å². The molecule has 0 unspecified atom stereocenters. The minimum absolute atomic E-state index is 0.167. The van der Waals surface area contributed by atoms with Crippen LogP contribution in [0, 0.1) is 5.92 Å². The summed E-state index contributed by atoms with van der Waals surface area (Å²) in [6, 6.07) is 7.85. The van der Waals surface area contributed by atoms with Crippen LogP contribution >= 0.6 is 11.8 Å². The second-order valence-corrected chi connectivity index (χ2v) is 5.74. The molecular formula is C15H21NO2S. The number of likely N-dealkylation sites (tertiary alicyclic amines) is 1. The van der Waals surface area contributed by atoms with Gasteiger partial charge in [0.15, 0.2) is 0 Å². The van der Waals surface area contributed by atoms with E-state index in [0.29, 0.717) is 5.92 Å². The van der Waals surface area contributed by atoms with Crippen LogP contribution in [0.2, 0.25) is 0 Å². The van der Waals surface area contributed by atoms with Gasteiger partial charge in [0, 0.05) is 31.7 Å². The number of piperidine rings is 1. The maximum Gasteiger partial charge on any atom is 0.254 e. The van der Waals surface area contributed by atoms with Crippen LogP contribution in [0.5, 0.6) is 0 Å². The lowest BCUT2D eigenvalue weighted by atomic mass is 9.97. The highest BCUT2D eigenvalue weighted by Gasteiger charge is 2.24. The molecule has 1 fully saturated rings. The summed E-state index contributed by atoms with van der Waals surface area (Å²) in [4.78, 5) is 15.6. The van der Waals surface area contributed by atoms with Crippen molar-refractivity contribution in [2.24, 2.45) is 5.92 Å². The molecule has 1 aromatic carbocycles. The van der Waals surface area contributed by atoms with Crippen molar-refractivity contribution in [3.05, 3.63) is 29.8 Å². The summed E-state index contributed by atoms with van der Waals surface area (Å²) in [6.45, 7) is 2.49. The van der Waals surface area contributed by atoms with Gasteiger partial charge >= 0.3 is 0 Å². The molecule has 104 valence electrons. The van der Waals surface area contributed by atoms with Crippen molar-refractivity contribution >= 4 is 17.7 Å². The molecule has 1 aliphatic rings. The molecule has 0 N–H and O–H groups in total. The molecule has 1 aromatic rings. The normalized spacial score (nSPS) is 16.6. The monoisotopic (exact) mass is 279 g/mol. The van der Waals surface area contributed by atoms with Crippen LogP contribution in [0.4, 0.5) is 0 Å². The highest BCUT2D eigenvalue weighted by molar-refractivity contribution is 7.98. The smallest absolute Gasteiger partial charge is 0.254 e. The molecule has 0 spiro atoms. The summed E-state index contributed by atoms with van der Waals surface area (Å²) >= 11 is 1.63. The molecule has 0 atom stereocenters. The van der Waals surface area contributed by atoms with Gasteiger partial charge in [0.05, 0.1) is 5.56 Å². The summed E-state index contributed by atoms with van der Waals surface area (Å²) < 4.78 is 5.19. The Morgan fingerprint density at radius 2 is 2.05 bits per heavy atom. The summed E-state index contributed by atoms with van der Waals surface area (Å²) in [5.41, 5.74) is 0.834.